The highest BCUT2D eigenvalue weighted by Gasteiger charge is 2.33. The van der Waals surface area contributed by atoms with Crippen LogP contribution in [0.25, 0.3) is 0 Å². The molecule has 1 aromatic heterocycles. The van der Waals surface area contributed by atoms with Crippen LogP contribution in [-0.4, -0.2) is 21.4 Å². The van der Waals surface area contributed by atoms with Crippen molar-refractivity contribution in [3.05, 3.63) is 58.9 Å². The van der Waals surface area contributed by atoms with Gasteiger partial charge in [-0.25, -0.2) is 0 Å². The lowest BCUT2D eigenvalue weighted by Gasteiger charge is -2.24. The Morgan fingerprint density at radius 2 is 2.05 bits per heavy atom. The molecule has 1 aliphatic rings. The fraction of sp³-hybridized carbons (Fsp3) is 0.389. The molecule has 21 heavy (non-hydrogen) atoms. The fourth-order valence-electron chi connectivity index (χ4n) is 2.71. The first-order valence-corrected chi connectivity index (χ1v) is 7.54. The lowest BCUT2D eigenvalue weighted by atomic mass is 10.0. The van der Waals surface area contributed by atoms with E-state index < -0.39 is 0 Å². The van der Waals surface area contributed by atoms with Crippen molar-refractivity contribution in [2.75, 3.05) is 0 Å². The maximum absolute atomic E-state index is 13.0. The quantitative estimate of drug-likeness (QED) is 0.843. The molecule has 3 heteroatoms. The van der Waals surface area contributed by atoms with E-state index in [0.29, 0.717) is 12.6 Å². The molecule has 1 aromatic carbocycles. The summed E-state index contributed by atoms with van der Waals surface area (Å²) in [4.78, 5) is 15.0. The summed E-state index contributed by atoms with van der Waals surface area (Å²) in [5.74, 6) is 0.167. The number of aromatic nitrogens is 1. The van der Waals surface area contributed by atoms with E-state index in [-0.39, 0.29) is 5.91 Å². The van der Waals surface area contributed by atoms with Crippen molar-refractivity contribution in [1.82, 2.24) is 9.47 Å². The predicted octanol–water partition coefficient (Wildman–Crippen LogP) is 3.45. The van der Waals surface area contributed by atoms with E-state index in [1.807, 2.05) is 50.2 Å². The van der Waals surface area contributed by atoms with Gasteiger partial charge in [-0.1, -0.05) is 17.7 Å². The Morgan fingerprint density at radius 3 is 2.67 bits per heavy atom. The van der Waals surface area contributed by atoms with E-state index >= 15 is 0 Å². The van der Waals surface area contributed by atoms with Crippen molar-refractivity contribution in [1.29, 1.82) is 0 Å². The van der Waals surface area contributed by atoms with E-state index in [0.717, 1.165) is 29.5 Å². The molecule has 1 saturated carbocycles. The van der Waals surface area contributed by atoms with Gasteiger partial charge in [-0.3, -0.25) is 4.79 Å². The third-order valence-corrected chi connectivity index (χ3v) is 4.26. The average molecular weight is 282 g/mol. The van der Waals surface area contributed by atoms with E-state index in [1.54, 1.807) is 0 Å². The number of hydrogen-bond donors (Lipinski definition) is 0. The van der Waals surface area contributed by atoms with Crippen molar-refractivity contribution in [2.24, 2.45) is 7.05 Å². The standard InChI is InChI=1S/C18H22N2O/c1-13-6-7-14(2)17(11-13)18(21)20(15-8-9-15)12-16-5-4-10-19(16)3/h4-7,10-11,15H,8-9,12H2,1-3H3. The molecule has 0 N–H and O–H groups in total. The topological polar surface area (TPSA) is 25.2 Å². The zero-order chi connectivity index (χ0) is 15.0. The van der Waals surface area contributed by atoms with Gasteiger partial charge in [0.25, 0.3) is 5.91 Å². The Bertz CT molecular complexity index is 668. The molecule has 0 bridgehead atoms. The van der Waals surface area contributed by atoms with Gasteiger partial charge < -0.3 is 9.47 Å². The smallest absolute Gasteiger partial charge is 0.254 e. The zero-order valence-electron chi connectivity index (χ0n) is 13.0. The van der Waals surface area contributed by atoms with Crippen LogP contribution in [0.15, 0.2) is 36.5 Å². The minimum atomic E-state index is 0.167. The Labute approximate surface area is 126 Å². The number of nitrogens with zero attached hydrogens (tertiary/aromatic N) is 2. The van der Waals surface area contributed by atoms with Crippen LogP contribution in [0.2, 0.25) is 0 Å². The summed E-state index contributed by atoms with van der Waals surface area (Å²) >= 11 is 0. The molecule has 3 rings (SSSR count). The Morgan fingerprint density at radius 1 is 1.29 bits per heavy atom. The summed E-state index contributed by atoms with van der Waals surface area (Å²) < 4.78 is 2.09. The molecule has 3 nitrogen and oxygen atoms in total. The molecule has 0 atom stereocenters. The highest BCUT2D eigenvalue weighted by atomic mass is 16.2. The fourth-order valence-corrected chi connectivity index (χ4v) is 2.71. The number of benzene rings is 1. The van der Waals surface area contributed by atoms with Crippen LogP contribution in [0.4, 0.5) is 0 Å². The molecule has 0 unspecified atom stereocenters. The van der Waals surface area contributed by atoms with E-state index in [2.05, 4.69) is 16.7 Å². The second-order valence-corrected chi connectivity index (χ2v) is 6.09. The monoisotopic (exact) mass is 282 g/mol. The lowest BCUT2D eigenvalue weighted by molar-refractivity contribution is 0.0725. The SMILES string of the molecule is Cc1ccc(C)c(C(=O)N(Cc2cccn2C)C2CC2)c1. The summed E-state index contributed by atoms with van der Waals surface area (Å²) in [7, 11) is 2.03. The van der Waals surface area contributed by atoms with Gasteiger partial charge in [0.1, 0.15) is 0 Å². The summed E-state index contributed by atoms with van der Waals surface area (Å²) in [6.45, 7) is 4.75. The largest absolute Gasteiger partial charge is 0.353 e. The molecular weight excluding hydrogens is 260 g/mol. The maximum Gasteiger partial charge on any atom is 0.254 e. The van der Waals surface area contributed by atoms with Crippen LogP contribution >= 0.6 is 0 Å². The van der Waals surface area contributed by atoms with Crippen LogP contribution in [0.3, 0.4) is 0 Å². The van der Waals surface area contributed by atoms with Gasteiger partial charge >= 0.3 is 0 Å². The minimum absolute atomic E-state index is 0.167. The van der Waals surface area contributed by atoms with Crippen LogP contribution in [0, 0.1) is 13.8 Å². The van der Waals surface area contributed by atoms with E-state index in [1.165, 1.54) is 5.69 Å². The maximum atomic E-state index is 13.0. The average Bonchev–Trinajstić information content (AvgIpc) is 3.22. The molecule has 2 aromatic rings. The summed E-state index contributed by atoms with van der Waals surface area (Å²) in [5.41, 5.74) is 4.22. The summed E-state index contributed by atoms with van der Waals surface area (Å²) in [6.07, 6.45) is 4.28. The molecule has 0 saturated heterocycles. The molecule has 0 radical (unpaired) electrons. The molecule has 1 heterocycles. The highest BCUT2D eigenvalue weighted by Crippen LogP contribution is 2.30. The van der Waals surface area contributed by atoms with Gasteiger partial charge in [0.2, 0.25) is 0 Å². The van der Waals surface area contributed by atoms with Crippen LogP contribution < -0.4 is 0 Å². The number of amides is 1. The molecule has 1 fully saturated rings. The van der Waals surface area contributed by atoms with E-state index in [9.17, 15) is 4.79 Å². The minimum Gasteiger partial charge on any atom is -0.353 e. The first-order valence-electron chi connectivity index (χ1n) is 7.54. The second kappa shape index (κ2) is 5.40. The zero-order valence-corrected chi connectivity index (χ0v) is 13.0. The van der Waals surface area contributed by atoms with Crippen molar-refractivity contribution in [3.63, 3.8) is 0 Å². The number of rotatable bonds is 4. The number of aryl methyl sites for hydroxylation is 3. The second-order valence-electron chi connectivity index (χ2n) is 6.09. The van der Waals surface area contributed by atoms with Crippen molar-refractivity contribution >= 4 is 5.91 Å². The number of carbonyl (C=O) groups excluding carboxylic acids is 1. The van der Waals surface area contributed by atoms with Gasteiger partial charge in [0.15, 0.2) is 0 Å². The third kappa shape index (κ3) is 2.87. The Hall–Kier alpha value is -2.03. The normalized spacial score (nSPS) is 14.2. The van der Waals surface area contributed by atoms with Gasteiger partial charge in [0, 0.05) is 30.5 Å². The molecular formula is C18H22N2O. The van der Waals surface area contributed by atoms with Crippen molar-refractivity contribution < 1.29 is 4.79 Å². The summed E-state index contributed by atoms with van der Waals surface area (Å²) in [5, 5.41) is 0. The molecule has 1 aliphatic carbocycles. The highest BCUT2D eigenvalue weighted by molar-refractivity contribution is 5.96. The number of carbonyl (C=O) groups is 1. The van der Waals surface area contributed by atoms with Crippen LogP contribution in [0.1, 0.15) is 40.0 Å². The Balaban J connectivity index is 1.88. The van der Waals surface area contributed by atoms with Crippen LogP contribution in [-0.2, 0) is 13.6 Å². The third-order valence-electron chi connectivity index (χ3n) is 4.26. The Kier molecular flexibility index (Phi) is 3.58. The number of hydrogen-bond acceptors (Lipinski definition) is 1. The molecule has 0 aliphatic heterocycles. The first kappa shape index (κ1) is 13.9. The van der Waals surface area contributed by atoms with Crippen LogP contribution in [0.5, 0.6) is 0 Å². The van der Waals surface area contributed by atoms with Gasteiger partial charge in [0.05, 0.1) is 6.54 Å². The summed E-state index contributed by atoms with van der Waals surface area (Å²) in [6, 6.07) is 10.6. The first-order chi connectivity index (χ1) is 10.1. The predicted molar refractivity (Wildman–Crippen MR) is 84.2 cm³/mol. The molecule has 110 valence electrons. The molecule has 0 spiro atoms. The van der Waals surface area contributed by atoms with Gasteiger partial charge in [-0.05, 0) is 50.5 Å². The molecule has 1 amide bonds. The van der Waals surface area contributed by atoms with Gasteiger partial charge in [-0.15, -0.1) is 0 Å². The lowest BCUT2D eigenvalue weighted by Crippen LogP contribution is -2.33. The van der Waals surface area contributed by atoms with Crippen molar-refractivity contribution in [3.8, 4) is 0 Å². The van der Waals surface area contributed by atoms with Gasteiger partial charge in [-0.2, -0.15) is 0 Å². The van der Waals surface area contributed by atoms with E-state index in [4.69, 9.17) is 0 Å². The van der Waals surface area contributed by atoms with Crippen molar-refractivity contribution in [2.45, 2.75) is 39.3 Å².